The molecule has 8 heteroatoms. The number of hydrogen-bond acceptors (Lipinski definition) is 6. The summed E-state index contributed by atoms with van der Waals surface area (Å²) in [5.41, 5.74) is 1.47. The molecule has 0 spiro atoms. The molecule has 2 heterocycles. The molecular formula is C21H28FN3O4. The molecule has 3 rings (SSSR count). The Morgan fingerprint density at radius 3 is 2.72 bits per heavy atom. The Kier molecular flexibility index (Phi) is 7.22. The third kappa shape index (κ3) is 4.76. The van der Waals surface area contributed by atoms with E-state index in [1.54, 1.807) is 23.1 Å². The maximum Gasteiger partial charge on any atom is 0.249 e. The summed E-state index contributed by atoms with van der Waals surface area (Å²) in [4.78, 5) is 16.5. The van der Waals surface area contributed by atoms with E-state index in [9.17, 15) is 9.18 Å². The lowest BCUT2D eigenvalue weighted by Gasteiger charge is -2.31. The molecule has 1 atom stereocenters. The van der Waals surface area contributed by atoms with Crippen molar-refractivity contribution in [2.75, 3.05) is 44.9 Å². The number of aromatic nitrogens is 1. The van der Waals surface area contributed by atoms with Gasteiger partial charge in [-0.1, -0.05) is 24.2 Å². The molecule has 1 aliphatic rings. The zero-order chi connectivity index (χ0) is 20.8. The van der Waals surface area contributed by atoms with Gasteiger partial charge in [-0.15, -0.1) is 0 Å². The van der Waals surface area contributed by atoms with Gasteiger partial charge in [0, 0.05) is 31.8 Å². The number of carbonyl (C=O) groups is 1. The van der Waals surface area contributed by atoms with Gasteiger partial charge >= 0.3 is 0 Å². The molecule has 1 fully saturated rings. The lowest BCUT2D eigenvalue weighted by atomic mass is 10.0. The van der Waals surface area contributed by atoms with Crippen molar-refractivity contribution in [1.29, 1.82) is 0 Å². The number of rotatable bonds is 8. The van der Waals surface area contributed by atoms with Crippen molar-refractivity contribution >= 4 is 11.8 Å². The van der Waals surface area contributed by atoms with Gasteiger partial charge in [0.15, 0.2) is 0 Å². The number of amides is 1. The van der Waals surface area contributed by atoms with Crippen molar-refractivity contribution < 1.29 is 23.2 Å². The Morgan fingerprint density at radius 1 is 1.34 bits per heavy atom. The highest BCUT2D eigenvalue weighted by Crippen LogP contribution is 2.34. The van der Waals surface area contributed by atoms with Crippen molar-refractivity contribution in [3.8, 4) is 11.3 Å². The topological polar surface area (TPSA) is 68.0 Å². The molecule has 1 aromatic heterocycles. The minimum atomic E-state index is -0.381. The fourth-order valence-electron chi connectivity index (χ4n) is 3.41. The van der Waals surface area contributed by atoms with Gasteiger partial charge in [0.2, 0.25) is 11.8 Å². The summed E-state index contributed by atoms with van der Waals surface area (Å²) >= 11 is 0. The van der Waals surface area contributed by atoms with E-state index in [2.05, 4.69) is 5.16 Å². The number of methoxy groups -OCH3 is 1. The van der Waals surface area contributed by atoms with Crippen LogP contribution in [0.1, 0.15) is 25.8 Å². The summed E-state index contributed by atoms with van der Waals surface area (Å²) in [6, 6.07) is 6.44. The number of hydrogen-bond donors (Lipinski definition) is 0. The van der Waals surface area contributed by atoms with Gasteiger partial charge in [0.1, 0.15) is 18.1 Å². The predicted molar refractivity (Wildman–Crippen MR) is 107 cm³/mol. The Labute approximate surface area is 170 Å². The Hall–Kier alpha value is -2.45. The van der Waals surface area contributed by atoms with Crippen molar-refractivity contribution in [3.05, 3.63) is 35.6 Å². The number of ether oxygens (including phenoxy) is 2. The number of morpholine rings is 1. The first-order valence-electron chi connectivity index (χ1n) is 9.91. The third-order valence-electron chi connectivity index (χ3n) is 5.23. The van der Waals surface area contributed by atoms with Crippen LogP contribution in [0.5, 0.6) is 0 Å². The molecule has 1 amide bonds. The van der Waals surface area contributed by atoms with Crippen LogP contribution >= 0.6 is 0 Å². The molecular weight excluding hydrogens is 377 g/mol. The smallest absolute Gasteiger partial charge is 0.249 e. The number of benzene rings is 1. The predicted octanol–water partition coefficient (Wildman–Crippen LogP) is 3.09. The van der Waals surface area contributed by atoms with E-state index in [4.69, 9.17) is 14.0 Å². The maximum absolute atomic E-state index is 14.5. The summed E-state index contributed by atoms with van der Waals surface area (Å²) in [6.07, 6.45) is 0.780. The van der Waals surface area contributed by atoms with Gasteiger partial charge < -0.3 is 23.8 Å². The lowest BCUT2D eigenvalue weighted by Crippen LogP contribution is -2.41. The number of nitrogens with zero attached hydrogens (tertiary/aromatic N) is 3. The number of halogens is 1. The SMILES string of the molecule is CC[C@H](C)N(Cc1c(-c2ccccc2F)noc1N1CCOCC1)C(=O)COC. The van der Waals surface area contributed by atoms with E-state index in [1.165, 1.54) is 13.2 Å². The van der Waals surface area contributed by atoms with Crippen LogP contribution in [-0.4, -0.2) is 62.0 Å². The van der Waals surface area contributed by atoms with Gasteiger partial charge in [-0.05, 0) is 25.5 Å². The maximum atomic E-state index is 14.5. The molecule has 29 heavy (non-hydrogen) atoms. The quantitative estimate of drug-likeness (QED) is 0.672. The first-order valence-corrected chi connectivity index (χ1v) is 9.91. The van der Waals surface area contributed by atoms with Crippen LogP contribution in [0.15, 0.2) is 28.8 Å². The van der Waals surface area contributed by atoms with Crippen LogP contribution in [0.2, 0.25) is 0 Å². The second kappa shape index (κ2) is 9.84. The summed E-state index contributed by atoms with van der Waals surface area (Å²) in [5, 5.41) is 4.20. The van der Waals surface area contributed by atoms with E-state index in [1.807, 2.05) is 18.7 Å². The van der Waals surface area contributed by atoms with Crippen molar-refractivity contribution in [2.24, 2.45) is 0 Å². The highest BCUT2D eigenvalue weighted by atomic mass is 19.1. The zero-order valence-corrected chi connectivity index (χ0v) is 17.2. The van der Waals surface area contributed by atoms with Gasteiger partial charge in [-0.2, -0.15) is 0 Å². The molecule has 0 unspecified atom stereocenters. The first kappa shape index (κ1) is 21.3. The van der Waals surface area contributed by atoms with Crippen molar-refractivity contribution in [2.45, 2.75) is 32.9 Å². The number of carbonyl (C=O) groups excluding carboxylic acids is 1. The third-order valence-corrected chi connectivity index (χ3v) is 5.23. The number of anilines is 1. The van der Waals surface area contributed by atoms with Gasteiger partial charge in [0.25, 0.3) is 0 Å². The minimum Gasteiger partial charge on any atom is -0.378 e. The summed E-state index contributed by atoms with van der Waals surface area (Å²) in [7, 11) is 1.50. The first-order chi connectivity index (χ1) is 14.1. The van der Waals surface area contributed by atoms with Crippen LogP contribution in [-0.2, 0) is 20.8 Å². The highest BCUT2D eigenvalue weighted by molar-refractivity contribution is 5.78. The van der Waals surface area contributed by atoms with E-state index < -0.39 is 0 Å². The van der Waals surface area contributed by atoms with Gasteiger partial charge in [-0.25, -0.2) is 4.39 Å². The summed E-state index contributed by atoms with van der Waals surface area (Å²) in [6.45, 7) is 6.70. The fraction of sp³-hybridized carbons (Fsp3) is 0.524. The Balaban J connectivity index is 2.04. The standard InChI is InChI=1S/C21H28FN3O4/c1-4-15(2)25(19(26)14-27-3)13-17-20(16-7-5-6-8-18(16)22)23-29-21(17)24-9-11-28-12-10-24/h5-8,15H,4,9-14H2,1-3H3/t15-/m0/s1. The molecule has 0 bridgehead atoms. The molecule has 0 saturated carbocycles. The molecule has 0 N–H and O–H groups in total. The van der Waals surface area contributed by atoms with Crippen LogP contribution in [0.25, 0.3) is 11.3 Å². The molecule has 7 nitrogen and oxygen atoms in total. The van der Waals surface area contributed by atoms with Gasteiger partial charge in [-0.3, -0.25) is 4.79 Å². The second-order valence-electron chi connectivity index (χ2n) is 7.11. The molecule has 158 valence electrons. The van der Waals surface area contributed by atoms with Crippen LogP contribution in [0.4, 0.5) is 10.3 Å². The largest absolute Gasteiger partial charge is 0.378 e. The van der Waals surface area contributed by atoms with E-state index in [-0.39, 0.29) is 30.9 Å². The minimum absolute atomic E-state index is 0.0152. The van der Waals surface area contributed by atoms with E-state index in [0.717, 1.165) is 6.42 Å². The Bertz CT molecular complexity index is 820. The normalized spacial score (nSPS) is 15.4. The van der Waals surface area contributed by atoms with Crippen LogP contribution in [0.3, 0.4) is 0 Å². The zero-order valence-electron chi connectivity index (χ0n) is 17.2. The molecule has 0 radical (unpaired) electrons. The van der Waals surface area contributed by atoms with Gasteiger partial charge in [0.05, 0.1) is 25.3 Å². The average molecular weight is 405 g/mol. The van der Waals surface area contributed by atoms with Crippen LogP contribution < -0.4 is 4.90 Å². The van der Waals surface area contributed by atoms with E-state index >= 15 is 0 Å². The Morgan fingerprint density at radius 2 is 2.07 bits per heavy atom. The molecule has 1 aromatic carbocycles. The molecule has 2 aromatic rings. The molecule has 1 aliphatic heterocycles. The van der Waals surface area contributed by atoms with Crippen molar-refractivity contribution in [3.63, 3.8) is 0 Å². The average Bonchev–Trinajstić information content (AvgIpc) is 3.16. The summed E-state index contributed by atoms with van der Waals surface area (Å²) in [5.74, 6) is 0.0504. The fourth-order valence-corrected chi connectivity index (χ4v) is 3.41. The second-order valence-corrected chi connectivity index (χ2v) is 7.11. The monoisotopic (exact) mass is 405 g/mol. The van der Waals surface area contributed by atoms with Crippen LogP contribution in [0, 0.1) is 5.82 Å². The highest BCUT2D eigenvalue weighted by Gasteiger charge is 2.29. The molecule has 1 saturated heterocycles. The van der Waals surface area contributed by atoms with E-state index in [0.29, 0.717) is 49.0 Å². The lowest BCUT2D eigenvalue weighted by molar-refractivity contribution is -0.138. The van der Waals surface area contributed by atoms with Crippen molar-refractivity contribution in [1.82, 2.24) is 10.1 Å². The summed E-state index contributed by atoms with van der Waals surface area (Å²) < 4.78 is 30.7. The molecule has 0 aliphatic carbocycles.